The van der Waals surface area contributed by atoms with Crippen LogP contribution in [0.2, 0.25) is 0 Å². The average molecular weight is 312 g/mol. The zero-order chi connectivity index (χ0) is 16.3. The number of nitrogens with zero attached hydrogens (tertiary/aromatic N) is 2. The number of nitriles is 2. The van der Waals surface area contributed by atoms with E-state index in [0.29, 0.717) is 0 Å². The first-order valence-corrected chi connectivity index (χ1v) is 7.41. The van der Waals surface area contributed by atoms with Gasteiger partial charge in [-0.1, -0.05) is 6.07 Å². The molecule has 0 fully saturated rings. The summed E-state index contributed by atoms with van der Waals surface area (Å²) in [6.07, 6.45) is 0. The summed E-state index contributed by atoms with van der Waals surface area (Å²) in [5.41, 5.74) is -0.145. The summed E-state index contributed by atoms with van der Waals surface area (Å²) in [7, 11) is -3.98. The van der Waals surface area contributed by atoms with E-state index in [1.54, 1.807) is 12.1 Å². The van der Waals surface area contributed by atoms with Gasteiger partial charge in [0.1, 0.15) is 12.1 Å². The monoisotopic (exact) mass is 312 g/mol. The first-order chi connectivity index (χ1) is 10.4. The first kappa shape index (κ1) is 15.2. The van der Waals surface area contributed by atoms with E-state index in [1.165, 1.54) is 30.3 Å². The van der Waals surface area contributed by atoms with Gasteiger partial charge in [0, 0.05) is 0 Å². The maximum atomic E-state index is 12.5. The highest BCUT2D eigenvalue weighted by atomic mass is 32.2. The van der Waals surface area contributed by atoms with E-state index in [-0.39, 0.29) is 26.5 Å². The summed E-state index contributed by atoms with van der Waals surface area (Å²) in [6.45, 7) is 0. The molecule has 108 valence electrons. The van der Waals surface area contributed by atoms with Gasteiger partial charge in [0.05, 0.1) is 26.5 Å². The summed E-state index contributed by atoms with van der Waals surface area (Å²) in [4.78, 5) is 10.6. The molecule has 0 unspecified atom stereocenters. The number of benzene rings is 2. The number of carbonyl (C=O) groups is 1. The first-order valence-electron chi connectivity index (χ1n) is 5.93. The van der Waals surface area contributed by atoms with Crippen molar-refractivity contribution in [3.05, 3.63) is 59.2 Å². The largest absolute Gasteiger partial charge is 0.478 e. The normalized spacial score (nSPS) is 10.5. The summed E-state index contributed by atoms with van der Waals surface area (Å²) in [5, 5.41) is 26.7. The van der Waals surface area contributed by atoms with Gasteiger partial charge < -0.3 is 5.11 Å². The topological polar surface area (TPSA) is 119 Å². The third-order valence-corrected chi connectivity index (χ3v) is 4.68. The van der Waals surface area contributed by atoms with Crippen molar-refractivity contribution in [3.63, 3.8) is 0 Å². The Morgan fingerprint density at radius 1 is 0.955 bits per heavy atom. The maximum absolute atomic E-state index is 12.5. The van der Waals surface area contributed by atoms with E-state index < -0.39 is 15.8 Å². The Balaban J connectivity index is 2.61. The third kappa shape index (κ3) is 2.66. The molecule has 0 heterocycles. The number of carboxylic acids is 1. The van der Waals surface area contributed by atoms with Gasteiger partial charge in [-0.25, -0.2) is 13.2 Å². The van der Waals surface area contributed by atoms with E-state index in [4.69, 9.17) is 15.6 Å². The Morgan fingerprint density at radius 3 is 2.18 bits per heavy atom. The van der Waals surface area contributed by atoms with Crippen LogP contribution < -0.4 is 0 Å². The van der Waals surface area contributed by atoms with Gasteiger partial charge in [0.2, 0.25) is 9.84 Å². The van der Waals surface area contributed by atoms with Gasteiger partial charge in [-0.2, -0.15) is 10.5 Å². The smallest absolute Gasteiger partial charge is 0.335 e. The lowest BCUT2D eigenvalue weighted by Gasteiger charge is -2.06. The summed E-state index contributed by atoms with van der Waals surface area (Å²) < 4.78 is 25.0. The van der Waals surface area contributed by atoms with Crippen LogP contribution in [0.4, 0.5) is 0 Å². The number of rotatable bonds is 3. The van der Waals surface area contributed by atoms with Crippen LogP contribution in [-0.4, -0.2) is 19.5 Å². The standard InChI is InChI=1S/C15H8N2O4S/c16-8-11-4-5-14(7-12(11)9-17)22(20,21)13-3-1-2-10(6-13)15(18)19/h1-7H,(H,18,19). The Bertz CT molecular complexity index is 950. The van der Waals surface area contributed by atoms with E-state index >= 15 is 0 Å². The molecule has 0 saturated carbocycles. The average Bonchev–Trinajstić information content (AvgIpc) is 2.54. The van der Waals surface area contributed by atoms with Gasteiger partial charge in [-0.3, -0.25) is 0 Å². The summed E-state index contributed by atoms with van der Waals surface area (Å²) in [5.74, 6) is -1.24. The maximum Gasteiger partial charge on any atom is 0.335 e. The zero-order valence-electron chi connectivity index (χ0n) is 11.0. The number of hydrogen-bond donors (Lipinski definition) is 1. The van der Waals surface area contributed by atoms with Gasteiger partial charge in [-0.05, 0) is 36.4 Å². The fraction of sp³-hybridized carbons (Fsp3) is 0. The number of carboxylic acid groups (broad SMARTS) is 1. The van der Waals surface area contributed by atoms with E-state index in [9.17, 15) is 13.2 Å². The second kappa shape index (κ2) is 5.68. The Hall–Kier alpha value is -3.16. The number of hydrogen-bond acceptors (Lipinski definition) is 5. The lowest BCUT2D eigenvalue weighted by Crippen LogP contribution is -2.05. The second-order valence-corrected chi connectivity index (χ2v) is 6.22. The van der Waals surface area contributed by atoms with Crippen LogP contribution in [0.25, 0.3) is 0 Å². The van der Waals surface area contributed by atoms with Crippen molar-refractivity contribution in [3.8, 4) is 12.1 Å². The van der Waals surface area contributed by atoms with Crippen LogP contribution in [0.3, 0.4) is 0 Å². The minimum Gasteiger partial charge on any atom is -0.478 e. The van der Waals surface area contributed by atoms with Crippen LogP contribution in [0.15, 0.2) is 52.3 Å². The Labute approximate surface area is 126 Å². The molecule has 0 radical (unpaired) electrons. The van der Waals surface area contributed by atoms with Crippen molar-refractivity contribution < 1.29 is 18.3 Å². The van der Waals surface area contributed by atoms with Crippen molar-refractivity contribution in [1.29, 1.82) is 10.5 Å². The van der Waals surface area contributed by atoms with Crippen LogP contribution in [0.1, 0.15) is 21.5 Å². The van der Waals surface area contributed by atoms with Gasteiger partial charge in [0.25, 0.3) is 0 Å². The Morgan fingerprint density at radius 2 is 1.59 bits per heavy atom. The number of aromatic carboxylic acids is 1. The SMILES string of the molecule is N#Cc1ccc(S(=O)(=O)c2cccc(C(=O)O)c2)cc1C#N. The van der Waals surface area contributed by atoms with E-state index in [2.05, 4.69) is 0 Å². The molecule has 0 bridgehead atoms. The highest BCUT2D eigenvalue weighted by molar-refractivity contribution is 7.91. The molecule has 22 heavy (non-hydrogen) atoms. The molecule has 0 aromatic heterocycles. The molecular formula is C15H8N2O4S. The molecule has 0 aliphatic rings. The van der Waals surface area contributed by atoms with Gasteiger partial charge in [-0.15, -0.1) is 0 Å². The zero-order valence-corrected chi connectivity index (χ0v) is 11.8. The van der Waals surface area contributed by atoms with Crippen LogP contribution >= 0.6 is 0 Å². The molecule has 1 N–H and O–H groups in total. The molecule has 0 amide bonds. The lowest BCUT2D eigenvalue weighted by molar-refractivity contribution is 0.0696. The Kier molecular flexibility index (Phi) is 3.93. The van der Waals surface area contributed by atoms with Crippen molar-refractivity contribution >= 4 is 15.8 Å². The molecule has 0 saturated heterocycles. The van der Waals surface area contributed by atoms with Crippen molar-refractivity contribution in [2.75, 3.05) is 0 Å². The van der Waals surface area contributed by atoms with E-state index in [1.807, 2.05) is 0 Å². The quantitative estimate of drug-likeness (QED) is 0.925. The van der Waals surface area contributed by atoms with E-state index in [0.717, 1.165) is 12.1 Å². The summed E-state index contributed by atoms with van der Waals surface area (Å²) >= 11 is 0. The van der Waals surface area contributed by atoms with Gasteiger partial charge >= 0.3 is 5.97 Å². The minimum absolute atomic E-state index is 0.0574. The molecule has 0 spiro atoms. The van der Waals surface area contributed by atoms with Crippen molar-refractivity contribution in [2.24, 2.45) is 0 Å². The molecule has 2 aromatic carbocycles. The molecule has 0 aliphatic heterocycles. The number of sulfone groups is 1. The highest BCUT2D eigenvalue weighted by Crippen LogP contribution is 2.23. The molecule has 2 rings (SSSR count). The fourth-order valence-electron chi connectivity index (χ4n) is 1.81. The van der Waals surface area contributed by atoms with Crippen molar-refractivity contribution in [2.45, 2.75) is 9.79 Å². The highest BCUT2D eigenvalue weighted by Gasteiger charge is 2.20. The predicted octanol–water partition coefficient (Wildman–Crippen LogP) is 1.96. The third-order valence-electron chi connectivity index (χ3n) is 2.93. The van der Waals surface area contributed by atoms with Crippen LogP contribution in [0, 0.1) is 22.7 Å². The second-order valence-electron chi connectivity index (χ2n) is 4.27. The van der Waals surface area contributed by atoms with Crippen LogP contribution in [-0.2, 0) is 9.84 Å². The molecule has 7 heteroatoms. The lowest BCUT2D eigenvalue weighted by atomic mass is 10.1. The minimum atomic E-state index is -3.98. The molecule has 0 atom stereocenters. The van der Waals surface area contributed by atoms with Gasteiger partial charge in [0.15, 0.2) is 0 Å². The van der Waals surface area contributed by atoms with Crippen LogP contribution in [0.5, 0.6) is 0 Å². The summed E-state index contributed by atoms with van der Waals surface area (Å²) in [6, 6.07) is 12.0. The molecule has 0 aliphatic carbocycles. The fourth-order valence-corrected chi connectivity index (χ4v) is 3.15. The van der Waals surface area contributed by atoms with Crippen molar-refractivity contribution in [1.82, 2.24) is 0 Å². The molecule has 2 aromatic rings. The molecular weight excluding hydrogens is 304 g/mol. The predicted molar refractivity (Wildman–Crippen MR) is 74.7 cm³/mol. The molecule has 6 nitrogen and oxygen atoms in total.